The van der Waals surface area contributed by atoms with Crippen molar-refractivity contribution in [1.82, 2.24) is 15.5 Å². The Labute approximate surface area is 198 Å². The molecule has 1 aromatic rings. The second kappa shape index (κ2) is 14.6. The summed E-state index contributed by atoms with van der Waals surface area (Å²) < 4.78 is 5.12. The van der Waals surface area contributed by atoms with Gasteiger partial charge >= 0.3 is 0 Å². The molecule has 0 saturated carbocycles. The summed E-state index contributed by atoms with van der Waals surface area (Å²) >= 11 is 0. The Morgan fingerprint density at radius 3 is 2.36 bits per heavy atom. The highest BCUT2D eigenvalue weighted by Gasteiger charge is 2.27. The van der Waals surface area contributed by atoms with Gasteiger partial charge in [-0.1, -0.05) is 45.2 Å². The van der Waals surface area contributed by atoms with Crippen molar-refractivity contribution in [2.45, 2.75) is 71.8 Å². The summed E-state index contributed by atoms with van der Waals surface area (Å²) in [5.41, 5.74) is 0.978. The van der Waals surface area contributed by atoms with Crippen molar-refractivity contribution in [2.75, 3.05) is 26.7 Å². The summed E-state index contributed by atoms with van der Waals surface area (Å²) in [6.07, 6.45) is 6.37. The van der Waals surface area contributed by atoms with Crippen LogP contribution in [0.1, 0.15) is 70.8 Å². The molecule has 0 aliphatic carbocycles. The summed E-state index contributed by atoms with van der Waals surface area (Å²) in [6, 6.07) is 7.50. The van der Waals surface area contributed by atoms with E-state index in [1.165, 1.54) is 12.8 Å². The number of amides is 3. The predicted octanol–water partition coefficient (Wildman–Crippen LogP) is 3.66. The molecule has 2 rings (SSSR count). The Balaban J connectivity index is 1.63. The van der Waals surface area contributed by atoms with E-state index in [0.717, 1.165) is 30.7 Å². The van der Waals surface area contributed by atoms with E-state index in [-0.39, 0.29) is 36.5 Å². The zero-order valence-corrected chi connectivity index (χ0v) is 20.5. The van der Waals surface area contributed by atoms with Gasteiger partial charge in [0.05, 0.1) is 7.11 Å². The van der Waals surface area contributed by atoms with Crippen molar-refractivity contribution in [3.05, 3.63) is 29.8 Å². The molecule has 1 fully saturated rings. The molecule has 1 saturated heterocycles. The van der Waals surface area contributed by atoms with Crippen LogP contribution in [0.15, 0.2) is 24.3 Å². The lowest BCUT2D eigenvalue weighted by atomic mass is 9.94. The maximum Gasteiger partial charge on any atom is 0.223 e. The number of nitrogens with zero attached hydrogens (tertiary/aromatic N) is 1. The van der Waals surface area contributed by atoms with Crippen LogP contribution in [0.4, 0.5) is 0 Å². The van der Waals surface area contributed by atoms with Gasteiger partial charge in [0, 0.05) is 44.9 Å². The van der Waals surface area contributed by atoms with Gasteiger partial charge in [0.25, 0.3) is 0 Å². The third-order valence-electron chi connectivity index (χ3n) is 6.54. The molecular weight excluding hydrogens is 418 g/mol. The number of rotatable bonds is 13. The standard InChI is InChI=1S/C26H41N3O4/c1-4-6-7-20(5-2)18-28-26(32)22-14-16-29(17-15-22)25(31)13-12-24(30)27-19-21-8-10-23(33-3)11-9-21/h8-11,20,22H,4-7,12-19H2,1-3H3,(H,27,30)(H,28,32). The van der Waals surface area contributed by atoms with Gasteiger partial charge in [-0.15, -0.1) is 0 Å². The van der Waals surface area contributed by atoms with Crippen LogP contribution in [-0.4, -0.2) is 49.4 Å². The molecule has 0 spiro atoms. The van der Waals surface area contributed by atoms with Crippen LogP contribution in [0.2, 0.25) is 0 Å². The van der Waals surface area contributed by atoms with Crippen LogP contribution >= 0.6 is 0 Å². The van der Waals surface area contributed by atoms with E-state index in [0.29, 0.717) is 38.4 Å². The number of carbonyl (C=O) groups excluding carboxylic acids is 3. The Morgan fingerprint density at radius 2 is 1.76 bits per heavy atom. The fourth-order valence-electron chi connectivity index (χ4n) is 4.13. The highest BCUT2D eigenvalue weighted by molar-refractivity contribution is 5.84. The number of hydrogen-bond acceptors (Lipinski definition) is 4. The van der Waals surface area contributed by atoms with E-state index in [2.05, 4.69) is 24.5 Å². The molecule has 1 aliphatic rings. The molecule has 3 amide bonds. The van der Waals surface area contributed by atoms with Gasteiger partial charge in [-0.25, -0.2) is 0 Å². The number of methoxy groups -OCH3 is 1. The maximum atomic E-state index is 12.5. The van der Waals surface area contributed by atoms with Crippen LogP contribution in [0.25, 0.3) is 0 Å². The van der Waals surface area contributed by atoms with Gasteiger partial charge < -0.3 is 20.3 Å². The third kappa shape index (κ3) is 9.44. The maximum absolute atomic E-state index is 12.5. The molecule has 7 heteroatoms. The molecule has 0 bridgehead atoms. The lowest BCUT2D eigenvalue weighted by molar-refractivity contribution is -0.136. The largest absolute Gasteiger partial charge is 0.497 e. The van der Waals surface area contributed by atoms with Crippen LogP contribution in [0, 0.1) is 11.8 Å². The lowest BCUT2D eigenvalue weighted by Gasteiger charge is -2.31. The number of ether oxygens (including phenoxy) is 1. The van der Waals surface area contributed by atoms with Crippen LogP contribution in [0.3, 0.4) is 0 Å². The average molecular weight is 460 g/mol. The third-order valence-corrected chi connectivity index (χ3v) is 6.54. The SMILES string of the molecule is CCCCC(CC)CNC(=O)C1CCN(C(=O)CCC(=O)NCc2ccc(OC)cc2)CC1. The average Bonchev–Trinajstić information content (AvgIpc) is 2.86. The summed E-state index contributed by atoms with van der Waals surface area (Å²) in [5.74, 6) is 1.27. The predicted molar refractivity (Wildman–Crippen MR) is 130 cm³/mol. The van der Waals surface area contributed by atoms with Crippen LogP contribution in [-0.2, 0) is 20.9 Å². The zero-order valence-electron chi connectivity index (χ0n) is 20.5. The zero-order chi connectivity index (χ0) is 24.1. The number of nitrogens with one attached hydrogen (secondary N) is 2. The second-order valence-electron chi connectivity index (χ2n) is 8.94. The molecule has 33 heavy (non-hydrogen) atoms. The van der Waals surface area contributed by atoms with Crippen LogP contribution in [0.5, 0.6) is 5.75 Å². The highest BCUT2D eigenvalue weighted by Crippen LogP contribution is 2.19. The van der Waals surface area contributed by atoms with Gasteiger partial charge in [0.2, 0.25) is 17.7 Å². The fourth-order valence-corrected chi connectivity index (χ4v) is 4.13. The number of likely N-dealkylation sites (tertiary alicyclic amines) is 1. The molecule has 184 valence electrons. The van der Waals surface area contributed by atoms with E-state index < -0.39 is 0 Å². The molecule has 7 nitrogen and oxygen atoms in total. The minimum absolute atomic E-state index is 0.0148. The van der Waals surface area contributed by atoms with E-state index in [9.17, 15) is 14.4 Å². The second-order valence-corrected chi connectivity index (χ2v) is 8.94. The molecule has 0 aromatic heterocycles. The van der Waals surface area contributed by atoms with Gasteiger partial charge in [-0.3, -0.25) is 14.4 Å². The molecular formula is C26H41N3O4. The van der Waals surface area contributed by atoms with Gasteiger partial charge in [0.15, 0.2) is 0 Å². The molecule has 1 heterocycles. The Hall–Kier alpha value is -2.57. The monoisotopic (exact) mass is 459 g/mol. The quantitative estimate of drug-likeness (QED) is 0.471. The van der Waals surface area contributed by atoms with Gasteiger partial charge in [-0.05, 0) is 42.9 Å². The molecule has 1 atom stereocenters. The van der Waals surface area contributed by atoms with Crippen molar-refractivity contribution in [2.24, 2.45) is 11.8 Å². The van der Waals surface area contributed by atoms with Crippen molar-refractivity contribution >= 4 is 17.7 Å². The van der Waals surface area contributed by atoms with Crippen LogP contribution < -0.4 is 15.4 Å². The van der Waals surface area contributed by atoms with Crippen molar-refractivity contribution < 1.29 is 19.1 Å². The first kappa shape index (κ1) is 26.7. The Morgan fingerprint density at radius 1 is 1.06 bits per heavy atom. The normalized spacial score (nSPS) is 15.1. The number of carbonyl (C=O) groups is 3. The fraction of sp³-hybridized carbons (Fsp3) is 0.654. The first-order valence-corrected chi connectivity index (χ1v) is 12.4. The summed E-state index contributed by atoms with van der Waals surface area (Å²) in [5, 5.41) is 5.98. The first-order chi connectivity index (χ1) is 16.0. The number of unbranched alkanes of at least 4 members (excludes halogenated alkanes) is 1. The van der Waals surface area contributed by atoms with Crippen molar-refractivity contribution in [3.63, 3.8) is 0 Å². The van der Waals surface area contributed by atoms with E-state index in [4.69, 9.17) is 4.74 Å². The topological polar surface area (TPSA) is 87.7 Å². The van der Waals surface area contributed by atoms with E-state index >= 15 is 0 Å². The highest BCUT2D eigenvalue weighted by atomic mass is 16.5. The first-order valence-electron chi connectivity index (χ1n) is 12.4. The van der Waals surface area contributed by atoms with E-state index in [1.54, 1.807) is 12.0 Å². The molecule has 1 unspecified atom stereocenters. The molecule has 2 N–H and O–H groups in total. The smallest absolute Gasteiger partial charge is 0.223 e. The molecule has 1 aromatic carbocycles. The summed E-state index contributed by atoms with van der Waals surface area (Å²) in [6.45, 7) is 6.70. The lowest BCUT2D eigenvalue weighted by Crippen LogP contribution is -2.44. The summed E-state index contributed by atoms with van der Waals surface area (Å²) in [7, 11) is 1.61. The van der Waals surface area contributed by atoms with Gasteiger partial charge in [0.1, 0.15) is 5.75 Å². The minimum Gasteiger partial charge on any atom is -0.497 e. The molecule has 1 aliphatic heterocycles. The molecule has 0 radical (unpaired) electrons. The van der Waals surface area contributed by atoms with E-state index in [1.807, 2.05) is 24.3 Å². The number of benzene rings is 1. The number of hydrogen-bond donors (Lipinski definition) is 2. The summed E-state index contributed by atoms with van der Waals surface area (Å²) in [4.78, 5) is 39.0. The number of piperidine rings is 1. The Kier molecular flexibility index (Phi) is 11.8. The van der Waals surface area contributed by atoms with Gasteiger partial charge in [-0.2, -0.15) is 0 Å². The van der Waals surface area contributed by atoms with Crippen molar-refractivity contribution in [3.8, 4) is 5.75 Å². The Bertz CT molecular complexity index is 742. The minimum atomic E-state index is -0.137. The van der Waals surface area contributed by atoms with Crippen molar-refractivity contribution in [1.29, 1.82) is 0 Å².